The zero-order valence-electron chi connectivity index (χ0n) is 12.8. The number of ether oxygens (including phenoxy) is 1. The van der Waals surface area contributed by atoms with E-state index in [0.717, 1.165) is 50.5 Å². The van der Waals surface area contributed by atoms with Crippen LogP contribution in [0.25, 0.3) is 0 Å². The molecule has 1 aromatic carbocycles. The first-order valence-electron chi connectivity index (χ1n) is 7.66. The van der Waals surface area contributed by atoms with E-state index in [1.807, 2.05) is 0 Å². The van der Waals surface area contributed by atoms with E-state index >= 15 is 0 Å². The normalized spacial score (nSPS) is 26.6. The topological polar surface area (TPSA) is 27.7 Å². The summed E-state index contributed by atoms with van der Waals surface area (Å²) in [5.41, 5.74) is 0.983. The summed E-state index contributed by atoms with van der Waals surface area (Å²) < 4.78 is 19.0. The Bertz CT molecular complexity index is 496. The van der Waals surface area contributed by atoms with Crippen molar-refractivity contribution in [3.63, 3.8) is 0 Å². The third-order valence-corrected chi connectivity index (χ3v) is 4.50. The smallest absolute Gasteiger partial charge is 0.123 e. The first-order valence-corrected chi connectivity index (χ1v) is 7.66. The van der Waals surface area contributed by atoms with Crippen LogP contribution in [0.4, 0.5) is 4.39 Å². The van der Waals surface area contributed by atoms with Gasteiger partial charge in [0.25, 0.3) is 0 Å². The second kappa shape index (κ2) is 6.30. The summed E-state index contributed by atoms with van der Waals surface area (Å²) in [4.78, 5) is 4.78. The molecule has 5 heteroatoms. The SMILES string of the molecule is CN1CCN(C)C(CNCC2Cc3cc(F)ccc3O2)C1. The molecule has 2 aliphatic heterocycles. The Hall–Kier alpha value is -1.17. The van der Waals surface area contributed by atoms with Gasteiger partial charge in [-0.05, 0) is 32.3 Å². The molecule has 0 bridgehead atoms. The third-order valence-electron chi connectivity index (χ3n) is 4.50. The van der Waals surface area contributed by atoms with E-state index in [2.05, 4.69) is 29.2 Å². The molecule has 1 fully saturated rings. The van der Waals surface area contributed by atoms with Gasteiger partial charge in [-0.25, -0.2) is 4.39 Å². The Morgan fingerprint density at radius 2 is 2.14 bits per heavy atom. The van der Waals surface area contributed by atoms with E-state index in [0.29, 0.717) is 6.04 Å². The Morgan fingerprint density at radius 3 is 3.00 bits per heavy atom. The van der Waals surface area contributed by atoms with Crippen LogP contribution in [0.3, 0.4) is 0 Å². The van der Waals surface area contributed by atoms with E-state index in [1.165, 1.54) is 6.07 Å². The van der Waals surface area contributed by atoms with E-state index in [-0.39, 0.29) is 11.9 Å². The highest BCUT2D eigenvalue weighted by atomic mass is 19.1. The number of benzene rings is 1. The molecule has 0 aliphatic carbocycles. The summed E-state index contributed by atoms with van der Waals surface area (Å²) in [6.45, 7) is 5.13. The Balaban J connectivity index is 1.45. The number of likely N-dealkylation sites (N-methyl/N-ethyl adjacent to an activating group) is 2. The summed E-state index contributed by atoms with van der Waals surface area (Å²) in [6, 6.07) is 5.32. The number of fused-ring (bicyclic) bond motifs is 1. The second-order valence-corrected chi connectivity index (χ2v) is 6.25. The number of hydrogen-bond acceptors (Lipinski definition) is 4. The monoisotopic (exact) mass is 293 g/mol. The maximum Gasteiger partial charge on any atom is 0.123 e. The minimum absolute atomic E-state index is 0.119. The van der Waals surface area contributed by atoms with Crippen LogP contribution in [0.15, 0.2) is 18.2 Å². The molecule has 0 saturated carbocycles. The molecule has 0 aromatic heterocycles. The fourth-order valence-electron chi connectivity index (χ4n) is 3.14. The lowest BCUT2D eigenvalue weighted by atomic mass is 10.1. The average Bonchev–Trinajstić information content (AvgIpc) is 2.84. The summed E-state index contributed by atoms with van der Waals surface area (Å²) in [7, 11) is 4.36. The van der Waals surface area contributed by atoms with Gasteiger partial charge in [-0.15, -0.1) is 0 Å². The van der Waals surface area contributed by atoms with Crippen molar-refractivity contribution in [2.24, 2.45) is 0 Å². The van der Waals surface area contributed by atoms with Crippen LogP contribution >= 0.6 is 0 Å². The Morgan fingerprint density at radius 1 is 1.29 bits per heavy atom. The Kier molecular flexibility index (Phi) is 4.42. The van der Waals surface area contributed by atoms with Gasteiger partial charge in [0, 0.05) is 50.7 Å². The largest absolute Gasteiger partial charge is 0.488 e. The molecule has 0 spiro atoms. The molecule has 1 aromatic rings. The van der Waals surface area contributed by atoms with Crippen molar-refractivity contribution in [1.82, 2.24) is 15.1 Å². The molecule has 1 N–H and O–H groups in total. The van der Waals surface area contributed by atoms with Gasteiger partial charge in [-0.3, -0.25) is 4.90 Å². The van der Waals surface area contributed by atoms with Crippen molar-refractivity contribution in [2.75, 3.05) is 46.8 Å². The van der Waals surface area contributed by atoms with Crippen LogP contribution in [0.1, 0.15) is 5.56 Å². The lowest BCUT2D eigenvalue weighted by Crippen LogP contribution is -2.54. The number of hydrogen-bond donors (Lipinski definition) is 1. The van der Waals surface area contributed by atoms with Crippen molar-refractivity contribution in [3.8, 4) is 5.75 Å². The lowest BCUT2D eigenvalue weighted by Gasteiger charge is -2.38. The minimum Gasteiger partial charge on any atom is -0.488 e. The Labute approximate surface area is 125 Å². The molecule has 3 rings (SSSR count). The van der Waals surface area contributed by atoms with Crippen molar-refractivity contribution in [1.29, 1.82) is 0 Å². The van der Waals surface area contributed by atoms with E-state index in [1.54, 1.807) is 12.1 Å². The number of rotatable bonds is 4. The molecule has 2 atom stereocenters. The molecular weight excluding hydrogens is 269 g/mol. The molecule has 1 saturated heterocycles. The maximum atomic E-state index is 13.2. The molecule has 21 heavy (non-hydrogen) atoms. The first kappa shape index (κ1) is 14.8. The van der Waals surface area contributed by atoms with Crippen LogP contribution in [0.5, 0.6) is 5.75 Å². The van der Waals surface area contributed by atoms with Crippen LogP contribution < -0.4 is 10.1 Å². The van der Waals surface area contributed by atoms with Gasteiger partial charge in [0.15, 0.2) is 0 Å². The van der Waals surface area contributed by atoms with Gasteiger partial charge >= 0.3 is 0 Å². The van der Waals surface area contributed by atoms with Crippen LogP contribution in [-0.2, 0) is 6.42 Å². The van der Waals surface area contributed by atoms with E-state index < -0.39 is 0 Å². The molecule has 0 radical (unpaired) electrons. The van der Waals surface area contributed by atoms with Gasteiger partial charge < -0.3 is 15.0 Å². The quantitative estimate of drug-likeness (QED) is 0.895. The standard InChI is InChI=1S/C16H24FN3O/c1-19-5-6-20(2)14(11-19)9-18-10-15-8-12-7-13(17)3-4-16(12)21-15/h3-4,7,14-15,18H,5-6,8-11H2,1-2H3. The molecule has 2 unspecified atom stereocenters. The fraction of sp³-hybridized carbons (Fsp3) is 0.625. The number of halogens is 1. The van der Waals surface area contributed by atoms with E-state index in [9.17, 15) is 4.39 Å². The average molecular weight is 293 g/mol. The van der Waals surface area contributed by atoms with Crippen molar-refractivity contribution >= 4 is 0 Å². The molecule has 2 aliphatic rings. The van der Waals surface area contributed by atoms with Gasteiger partial charge in [0.1, 0.15) is 17.7 Å². The van der Waals surface area contributed by atoms with E-state index in [4.69, 9.17) is 4.74 Å². The number of piperazine rings is 1. The highest BCUT2D eigenvalue weighted by molar-refractivity contribution is 5.37. The lowest BCUT2D eigenvalue weighted by molar-refractivity contribution is 0.111. The zero-order valence-corrected chi connectivity index (χ0v) is 12.8. The van der Waals surface area contributed by atoms with Crippen LogP contribution in [0.2, 0.25) is 0 Å². The molecule has 0 amide bonds. The van der Waals surface area contributed by atoms with Crippen molar-refractivity contribution in [3.05, 3.63) is 29.6 Å². The van der Waals surface area contributed by atoms with Crippen molar-refractivity contribution in [2.45, 2.75) is 18.6 Å². The number of nitrogens with zero attached hydrogens (tertiary/aromatic N) is 2. The molecule has 2 heterocycles. The van der Waals surface area contributed by atoms with Crippen LogP contribution in [0, 0.1) is 5.82 Å². The minimum atomic E-state index is -0.183. The first-order chi connectivity index (χ1) is 10.1. The summed E-state index contributed by atoms with van der Waals surface area (Å²) in [5, 5.41) is 3.51. The highest BCUT2D eigenvalue weighted by Crippen LogP contribution is 2.28. The highest BCUT2D eigenvalue weighted by Gasteiger charge is 2.25. The third kappa shape index (κ3) is 3.54. The predicted molar refractivity (Wildman–Crippen MR) is 81.3 cm³/mol. The summed E-state index contributed by atoms with van der Waals surface area (Å²) in [5.74, 6) is 0.649. The fourth-order valence-corrected chi connectivity index (χ4v) is 3.14. The zero-order chi connectivity index (χ0) is 14.8. The van der Waals surface area contributed by atoms with Gasteiger partial charge in [-0.2, -0.15) is 0 Å². The summed E-state index contributed by atoms with van der Waals surface area (Å²) >= 11 is 0. The van der Waals surface area contributed by atoms with Gasteiger partial charge in [0.2, 0.25) is 0 Å². The predicted octanol–water partition coefficient (Wildman–Crippen LogP) is 0.965. The summed E-state index contributed by atoms with van der Waals surface area (Å²) in [6.07, 6.45) is 0.911. The van der Waals surface area contributed by atoms with Crippen molar-refractivity contribution < 1.29 is 9.13 Å². The van der Waals surface area contributed by atoms with Gasteiger partial charge in [-0.1, -0.05) is 0 Å². The molecule has 4 nitrogen and oxygen atoms in total. The second-order valence-electron chi connectivity index (χ2n) is 6.25. The maximum absolute atomic E-state index is 13.2. The van der Waals surface area contributed by atoms with Crippen LogP contribution in [-0.4, -0.2) is 68.8 Å². The molecule has 116 valence electrons. The van der Waals surface area contributed by atoms with Gasteiger partial charge in [0.05, 0.1) is 0 Å². The number of nitrogens with one attached hydrogen (secondary N) is 1. The molecular formula is C16H24FN3O.